The summed E-state index contributed by atoms with van der Waals surface area (Å²) in [5.41, 5.74) is 1.92. The van der Waals surface area contributed by atoms with Crippen LogP contribution in [0.5, 0.6) is 0 Å². The first-order valence-electron chi connectivity index (χ1n) is 5.86. The van der Waals surface area contributed by atoms with Gasteiger partial charge in [0.15, 0.2) is 0 Å². The van der Waals surface area contributed by atoms with Crippen molar-refractivity contribution in [3.63, 3.8) is 0 Å². The molecule has 0 bridgehead atoms. The number of rotatable bonds is 4. The standard InChI is InChI=1S/C14H16O3S/c1-8(2)17-7-11-10-6-9(3)4-5-12(10)18-13(11)14(15)16/h4-6,8H,7H2,1-3H3,(H,15,16). The van der Waals surface area contributed by atoms with E-state index in [0.29, 0.717) is 11.5 Å². The molecular weight excluding hydrogens is 248 g/mol. The van der Waals surface area contributed by atoms with Gasteiger partial charge in [-0.2, -0.15) is 0 Å². The summed E-state index contributed by atoms with van der Waals surface area (Å²) in [6, 6.07) is 6.00. The minimum absolute atomic E-state index is 0.0893. The fourth-order valence-electron chi connectivity index (χ4n) is 1.83. The van der Waals surface area contributed by atoms with E-state index in [2.05, 4.69) is 0 Å². The Balaban J connectivity index is 2.53. The van der Waals surface area contributed by atoms with Crippen LogP contribution >= 0.6 is 11.3 Å². The lowest BCUT2D eigenvalue weighted by Gasteiger charge is -2.07. The van der Waals surface area contributed by atoms with Gasteiger partial charge in [-0.3, -0.25) is 0 Å². The average Bonchev–Trinajstić information content (AvgIpc) is 2.64. The molecule has 0 aliphatic carbocycles. The van der Waals surface area contributed by atoms with Crippen molar-refractivity contribution >= 4 is 27.4 Å². The van der Waals surface area contributed by atoms with Gasteiger partial charge in [-0.05, 0) is 32.2 Å². The third kappa shape index (κ3) is 2.54. The second-order valence-electron chi connectivity index (χ2n) is 4.57. The molecule has 1 aromatic carbocycles. The Bertz CT molecular complexity index is 584. The van der Waals surface area contributed by atoms with E-state index < -0.39 is 5.97 Å². The lowest BCUT2D eigenvalue weighted by atomic mass is 10.1. The molecule has 0 amide bonds. The monoisotopic (exact) mass is 264 g/mol. The number of fused-ring (bicyclic) bond motifs is 1. The largest absolute Gasteiger partial charge is 0.477 e. The summed E-state index contributed by atoms with van der Waals surface area (Å²) in [5.74, 6) is -0.879. The van der Waals surface area contributed by atoms with Gasteiger partial charge < -0.3 is 9.84 Å². The molecule has 2 rings (SSSR count). The minimum Gasteiger partial charge on any atom is -0.477 e. The average molecular weight is 264 g/mol. The summed E-state index contributed by atoms with van der Waals surface area (Å²) in [6.07, 6.45) is 0.0893. The van der Waals surface area contributed by atoms with Gasteiger partial charge in [-0.25, -0.2) is 4.79 Å². The first kappa shape index (κ1) is 13.1. The number of carboxylic acids is 1. The molecule has 0 aliphatic rings. The Hall–Kier alpha value is -1.39. The van der Waals surface area contributed by atoms with Crippen molar-refractivity contribution in [1.29, 1.82) is 0 Å². The second kappa shape index (κ2) is 5.08. The molecule has 0 fully saturated rings. The highest BCUT2D eigenvalue weighted by molar-refractivity contribution is 7.21. The van der Waals surface area contributed by atoms with Crippen LogP contribution in [0, 0.1) is 6.92 Å². The van der Waals surface area contributed by atoms with E-state index in [1.807, 2.05) is 39.0 Å². The zero-order valence-electron chi connectivity index (χ0n) is 10.7. The number of aromatic carboxylic acids is 1. The normalized spacial score (nSPS) is 11.3. The van der Waals surface area contributed by atoms with Crippen molar-refractivity contribution in [2.24, 2.45) is 0 Å². The molecule has 0 unspecified atom stereocenters. The summed E-state index contributed by atoms with van der Waals surface area (Å²) in [5, 5.41) is 10.3. The van der Waals surface area contributed by atoms with E-state index in [1.54, 1.807) is 0 Å². The summed E-state index contributed by atoms with van der Waals surface area (Å²) >= 11 is 1.31. The first-order valence-corrected chi connectivity index (χ1v) is 6.67. The van der Waals surface area contributed by atoms with E-state index in [0.717, 1.165) is 21.2 Å². The van der Waals surface area contributed by atoms with Crippen LogP contribution in [-0.2, 0) is 11.3 Å². The van der Waals surface area contributed by atoms with E-state index in [9.17, 15) is 9.90 Å². The number of hydrogen-bond donors (Lipinski definition) is 1. The first-order chi connectivity index (χ1) is 8.49. The lowest BCUT2D eigenvalue weighted by molar-refractivity contribution is 0.0618. The maximum absolute atomic E-state index is 11.3. The second-order valence-corrected chi connectivity index (χ2v) is 5.63. The zero-order valence-corrected chi connectivity index (χ0v) is 11.5. The Labute approximate surface area is 110 Å². The number of benzene rings is 1. The molecular formula is C14H16O3S. The lowest BCUT2D eigenvalue weighted by Crippen LogP contribution is -2.05. The third-order valence-corrected chi connectivity index (χ3v) is 3.90. The number of hydrogen-bond acceptors (Lipinski definition) is 3. The summed E-state index contributed by atoms with van der Waals surface area (Å²) in [4.78, 5) is 11.7. The Morgan fingerprint density at radius 1 is 1.44 bits per heavy atom. The highest BCUT2D eigenvalue weighted by atomic mass is 32.1. The van der Waals surface area contributed by atoms with Crippen molar-refractivity contribution < 1.29 is 14.6 Å². The van der Waals surface area contributed by atoms with Gasteiger partial charge in [0.25, 0.3) is 0 Å². The van der Waals surface area contributed by atoms with E-state index >= 15 is 0 Å². The number of carbonyl (C=O) groups is 1. The van der Waals surface area contributed by atoms with Crippen LogP contribution in [0.4, 0.5) is 0 Å². The Morgan fingerprint density at radius 2 is 2.17 bits per heavy atom. The van der Waals surface area contributed by atoms with E-state index in [4.69, 9.17) is 4.74 Å². The third-order valence-electron chi connectivity index (χ3n) is 2.70. The summed E-state index contributed by atoms with van der Waals surface area (Å²) in [7, 11) is 0. The van der Waals surface area contributed by atoms with Gasteiger partial charge in [-0.15, -0.1) is 11.3 Å². The quantitative estimate of drug-likeness (QED) is 0.912. The van der Waals surface area contributed by atoms with Crippen LogP contribution in [0.2, 0.25) is 0 Å². The van der Waals surface area contributed by atoms with Gasteiger partial charge in [0.2, 0.25) is 0 Å². The minimum atomic E-state index is -0.879. The molecule has 3 nitrogen and oxygen atoms in total. The van der Waals surface area contributed by atoms with Gasteiger partial charge in [0, 0.05) is 10.3 Å². The van der Waals surface area contributed by atoms with E-state index in [1.165, 1.54) is 11.3 Å². The van der Waals surface area contributed by atoms with Gasteiger partial charge in [0.1, 0.15) is 4.88 Å². The number of aryl methyl sites for hydroxylation is 1. The van der Waals surface area contributed by atoms with Crippen molar-refractivity contribution in [3.05, 3.63) is 34.2 Å². The number of ether oxygens (including phenoxy) is 1. The SMILES string of the molecule is Cc1ccc2sc(C(=O)O)c(COC(C)C)c2c1. The molecule has 1 heterocycles. The zero-order chi connectivity index (χ0) is 13.3. The van der Waals surface area contributed by atoms with Crippen LogP contribution in [0.25, 0.3) is 10.1 Å². The molecule has 4 heteroatoms. The molecule has 2 aromatic rings. The molecule has 0 atom stereocenters. The fourth-order valence-corrected chi connectivity index (χ4v) is 2.86. The van der Waals surface area contributed by atoms with E-state index in [-0.39, 0.29) is 6.10 Å². The van der Waals surface area contributed by atoms with Crippen LogP contribution in [0.15, 0.2) is 18.2 Å². The molecule has 1 N–H and O–H groups in total. The molecule has 0 saturated carbocycles. The predicted molar refractivity (Wildman–Crippen MR) is 73.4 cm³/mol. The van der Waals surface area contributed by atoms with Crippen molar-refractivity contribution in [1.82, 2.24) is 0 Å². The number of carboxylic acid groups (broad SMARTS) is 1. The topological polar surface area (TPSA) is 46.5 Å². The van der Waals surface area contributed by atoms with Gasteiger partial charge in [0.05, 0.1) is 12.7 Å². The highest BCUT2D eigenvalue weighted by Crippen LogP contribution is 2.32. The smallest absolute Gasteiger partial charge is 0.346 e. The molecule has 1 aromatic heterocycles. The number of thiophene rings is 1. The Kier molecular flexibility index (Phi) is 3.68. The summed E-state index contributed by atoms with van der Waals surface area (Å²) < 4.78 is 6.57. The van der Waals surface area contributed by atoms with Crippen molar-refractivity contribution in [2.75, 3.05) is 0 Å². The maximum atomic E-state index is 11.3. The van der Waals surface area contributed by atoms with Crippen LogP contribution < -0.4 is 0 Å². The van der Waals surface area contributed by atoms with Crippen LogP contribution in [0.3, 0.4) is 0 Å². The van der Waals surface area contributed by atoms with Crippen molar-refractivity contribution in [2.45, 2.75) is 33.5 Å². The molecule has 0 aliphatic heterocycles. The van der Waals surface area contributed by atoms with Crippen molar-refractivity contribution in [3.8, 4) is 0 Å². The molecule has 0 saturated heterocycles. The fraction of sp³-hybridized carbons (Fsp3) is 0.357. The molecule has 0 radical (unpaired) electrons. The highest BCUT2D eigenvalue weighted by Gasteiger charge is 2.18. The van der Waals surface area contributed by atoms with Gasteiger partial charge in [-0.1, -0.05) is 17.7 Å². The molecule has 0 spiro atoms. The Morgan fingerprint density at radius 3 is 2.78 bits per heavy atom. The summed E-state index contributed by atoms with van der Waals surface area (Å²) in [6.45, 7) is 6.24. The maximum Gasteiger partial charge on any atom is 0.346 e. The molecule has 96 valence electrons. The van der Waals surface area contributed by atoms with Gasteiger partial charge >= 0.3 is 5.97 Å². The predicted octanol–water partition coefficient (Wildman–Crippen LogP) is 3.83. The van der Waals surface area contributed by atoms with Crippen LogP contribution in [0.1, 0.15) is 34.6 Å². The van der Waals surface area contributed by atoms with Crippen LogP contribution in [-0.4, -0.2) is 17.2 Å². The molecule has 18 heavy (non-hydrogen) atoms.